The lowest BCUT2D eigenvalue weighted by Gasteiger charge is -2.10. The van der Waals surface area contributed by atoms with Gasteiger partial charge < -0.3 is 10.4 Å². The summed E-state index contributed by atoms with van der Waals surface area (Å²) >= 11 is 0. The molecule has 1 aromatic carbocycles. The van der Waals surface area contributed by atoms with Gasteiger partial charge in [-0.2, -0.15) is 0 Å². The Bertz CT molecular complexity index is 961. The SMILES string of the molecule is Cc1c(CNc2cc([N+](=O)[O-])ccc2O)c(=O)[nH]n2cnnc12. The van der Waals surface area contributed by atoms with Crippen molar-refractivity contribution in [2.45, 2.75) is 13.5 Å². The average molecular weight is 316 g/mol. The van der Waals surface area contributed by atoms with Crippen molar-refractivity contribution >= 4 is 17.0 Å². The molecule has 0 saturated heterocycles. The molecule has 118 valence electrons. The Labute approximate surface area is 128 Å². The Balaban J connectivity index is 1.93. The van der Waals surface area contributed by atoms with Crippen LogP contribution in [0.15, 0.2) is 29.3 Å². The molecular formula is C13H12N6O4. The van der Waals surface area contributed by atoms with Gasteiger partial charge in [-0.1, -0.05) is 0 Å². The molecule has 0 aliphatic rings. The topological polar surface area (TPSA) is 138 Å². The summed E-state index contributed by atoms with van der Waals surface area (Å²) in [7, 11) is 0. The molecule has 2 aromatic heterocycles. The number of nitro benzene ring substituents is 1. The number of non-ortho nitro benzene ring substituents is 1. The van der Waals surface area contributed by atoms with Gasteiger partial charge in [0.2, 0.25) is 0 Å². The highest BCUT2D eigenvalue weighted by molar-refractivity contribution is 5.61. The number of nitrogens with zero attached hydrogens (tertiary/aromatic N) is 4. The summed E-state index contributed by atoms with van der Waals surface area (Å²) in [5.41, 5.74) is 1.19. The van der Waals surface area contributed by atoms with Crippen molar-refractivity contribution in [1.82, 2.24) is 19.8 Å². The molecule has 3 N–H and O–H groups in total. The molecule has 0 spiro atoms. The number of benzene rings is 1. The van der Waals surface area contributed by atoms with Gasteiger partial charge in [0.25, 0.3) is 11.2 Å². The van der Waals surface area contributed by atoms with E-state index in [2.05, 4.69) is 20.6 Å². The molecule has 0 aliphatic carbocycles. The normalized spacial score (nSPS) is 10.8. The van der Waals surface area contributed by atoms with Crippen LogP contribution in [0.2, 0.25) is 0 Å². The van der Waals surface area contributed by atoms with Crippen LogP contribution in [0.4, 0.5) is 11.4 Å². The van der Waals surface area contributed by atoms with Crippen molar-refractivity contribution in [3.8, 4) is 5.75 Å². The largest absolute Gasteiger partial charge is 0.506 e. The second kappa shape index (κ2) is 5.40. The molecule has 3 aromatic rings. The summed E-state index contributed by atoms with van der Waals surface area (Å²) in [6.07, 6.45) is 1.38. The zero-order valence-corrected chi connectivity index (χ0v) is 12.0. The minimum absolute atomic E-state index is 0.0687. The van der Waals surface area contributed by atoms with Crippen LogP contribution in [-0.4, -0.2) is 29.8 Å². The predicted octanol–water partition coefficient (Wildman–Crippen LogP) is 0.952. The highest BCUT2D eigenvalue weighted by atomic mass is 16.6. The fourth-order valence-corrected chi connectivity index (χ4v) is 2.23. The summed E-state index contributed by atoms with van der Waals surface area (Å²) in [5.74, 6) is -0.145. The number of nitro groups is 1. The maximum atomic E-state index is 12.1. The van der Waals surface area contributed by atoms with Crippen molar-refractivity contribution < 1.29 is 10.0 Å². The summed E-state index contributed by atoms with van der Waals surface area (Å²) in [6.45, 7) is 1.79. The number of hydrogen-bond donors (Lipinski definition) is 3. The number of aromatic amines is 1. The van der Waals surface area contributed by atoms with Crippen LogP contribution in [0.25, 0.3) is 5.65 Å². The third-order valence-corrected chi connectivity index (χ3v) is 3.48. The molecule has 10 nitrogen and oxygen atoms in total. The summed E-state index contributed by atoms with van der Waals surface area (Å²) in [4.78, 5) is 22.3. The predicted molar refractivity (Wildman–Crippen MR) is 80.4 cm³/mol. The Morgan fingerprint density at radius 2 is 2.26 bits per heavy atom. The van der Waals surface area contributed by atoms with E-state index in [1.165, 1.54) is 29.0 Å². The summed E-state index contributed by atoms with van der Waals surface area (Å²) in [5, 5.41) is 33.6. The second-order valence-corrected chi connectivity index (χ2v) is 4.88. The standard InChI is InChI=1S/C13H12N6O4/c1-7-9(13(21)17-18-6-15-16-12(7)18)5-14-10-4-8(19(22)23)2-3-11(10)20/h2-4,6,14,20H,5H2,1H3,(H,17,21). The molecule has 0 unspecified atom stereocenters. The second-order valence-electron chi connectivity index (χ2n) is 4.88. The molecule has 23 heavy (non-hydrogen) atoms. The van der Waals surface area contributed by atoms with Crippen LogP contribution in [0.3, 0.4) is 0 Å². The van der Waals surface area contributed by atoms with Crippen LogP contribution in [-0.2, 0) is 6.54 Å². The maximum absolute atomic E-state index is 12.1. The molecule has 0 aliphatic heterocycles. The molecule has 10 heteroatoms. The third kappa shape index (κ3) is 2.57. The number of phenols is 1. The van der Waals surface area contributed by atoms with E-state index in [9.17, 15) is 20.0 Å². The first-order valence-electron chi connectivity index (χ1n) is 6.60. The van der Waals surface area contributed by atoms with Gasteiger partial charge in [-0.25, -0.2) is 4.52 Å². The summed E-state index contributed by atoms with van der Waals surface area (Å²) < 4.78 is 1.41. The van der Waals surface area contributed by atoms with E-state index in [0.717, 1.165) is 0 Å². The Morgan fingerprint density at radius 1 is 1.48 bits per heavy atom. The fourth-order valence-electron chi connectivity index (χ4n) is 2.23. The number of nitrogens with one attached hydrogen (secondary N) is 2. The molecule has 0 saturated carbocycles. The highest BCUT2D eigenvalue weighted by Crippen LogP contribution is 2.28. The van der Waals surface area contributed by atoms with Gasteiger partial charge in [0, 0.05) is 29.8 Å². The van der Waals surface area contributed by atoms with Crippen molar-refractivity contribution in [1.29, 1.82) is 0 Å². The minimum Gasteiger partial charge on any atom is -0.506 e. The zero-order chi connectivity index (χ0) is 16.6. The zero-order valence-electron chi connectivity index (χ0n) is 12.0. The fraction of sp³-hybridized carbons (Fsp3) is 0.154. The number of aromatic nitrogens is 4. The molecule has 2 heterocycles. The lowest BCUT2D eigenvalue weighted by molar-refractivity contribution is -0.384. The molecule has 0 amide bonds. The average Bonchev–Trinajstić information content (AvgIpc) is 2.96. The maximum Gasteiger partial charge on any atom is 0.271 e. The smallest absolute Gasteiger partial charge is 0.271 e. The highest BCUT2D eigenvalue weighted by Gasteiger charge is 2.13. The monoisotopic (exact) mass is 316 g/mol. The van der Waals surface area contributed by atoms with Crippen LogP contribution in [0.5, 0.6) is 5.75 Å². The van der Waals surface area contributed by atoms with Gasteiger partial charge in [-0.15, -0.1) is 10.2 Å². The van der Waals surface area contributed by atoms with Gasteiger partial charge in [0.05, 0.1) is 10.6 Å². The summed E-state index contributed by atoms with van der Waals surface area (Å²) in [6, 6.07) is 3.62. The van der Waals surface area contributed by atoms with Crippen molar-refractivity contribution in [2.75, 3.05) is 5.32 Å². The molecule has 0 radical (unpaired) electrons. The van der Waals surface area contributed by atoms with Crippen molar-refractivity contribution in [2.24, 2.45) is 0 Å². The number of phenolic OH excluding ortho intramolecular Hbond substituents is 1. The lowest BCUT2D eigenvalue weighted by Crippen LogP contribution is -2.21. The van der Waals surface area contributed by atoms with Crippen LogP contribution < -0.4 is 10.9 Å². The molecular weight excluding hydrogens is 304 g/mol. The number of anilines is 1. The van der Waals surface area contributed by atoms with E-state index in [4.69, 9.17) is 0 Å². The minimum atomic E-state index is -0.565. The van der Waals surface area contributed by atoms with E-state index in [1.807, 2.05) is 0 Å². The van der Waals surface area contributed by atoms with E-state index in [0.29, 0.717) is 16.8 Å². The Kier molecular flexibility index (Phi) is 3.41. The third-order valence-electron chi connectivity index (χ3n) is 3.48. The van der Waals surface area contributed by atoms with Crippen LogP contribution in [0.1, 0.15) is 11.1 Å². The van der Waals surface area contributed by atoms with E-state index in [-0.39, 0.29) is 29.2 Å². The number of H-pyrrole nitrogens is 1. The van der Waals surface area contributed by atoms with Crippen molar-refractivity contribution in [3.05, 3.63) is 56.1 Å². The van der Waals surface area contributed by atoms with Gasteiger partial charge in [-0.3, -0.25) is 20.0 Å². The quantitative estimate of drug-likeness (QED) is 0.370. The van der Waals surface area contributed by atoms with Gasteiger partial charge in [0.1, 0.15) is 12.1 Å². The first-order valence-corrected chi connectivity index (χ1v) is 6.60. The van der Waals surface area contributed by atoms with E-state index in [1.54, 1.807) is 6.92 Å². The molecule has 0 atom stereocenters. The number of fused-ring (bicyclic) bond motifs is 1. The first kappa shape index (κ1) is 14.5. The lowest BCUT2D eigenvalue weighted by atomic mass is 10.1. The number of aryl methyl sites for hydroxylation is 1. The van der Waals surface area contributed by atoms with Crippen LogP contribution in [0, 0.1) is 17.0 Å². The molecule has 3 rings (SSSR count). The Hall–Kier alpha value is -3.43. The van der Waals surface area contributed by atoms with Gasteiger partial charge >= 0.3 is 0 Å². The number of rotatable bonds is 4. The molecule has 0 fully saturated rings. The Morgan fingerprint density at radius 3 is 3.00 bits per heavy atom. The van der Waals surface area contributed by atoms with Crippen LogP contribution >= 0.6 is 0 Å². The number of aromatic hydroxyl groups is 1. The first-order chi connectivity index (χ1) is 11.0. The van der Waals surface area contributed by atoms with E-state index >= 15 is 0 Å². The van der Waals surface area contributed by atoms with E-state index < -0.39 is 4.92 Å². The van der Waals surface area contributed by atoms with Gasteiger partial charge in [0.15, 0.2) is 5.65 Å². The number of hydrogen-bond acceptors (Lipinski definition) is 7. The van der Waals surface area contributed by atoms with Crippen molar-refractivity contribution in [3.63, 3.8) is 0 Å². The van der Waals surface area contributed by atoms with Gasteiger partial charge in [-0.05, 0) is 13.0 Å². The molecule has 0 bridgehead atoms.